The molecule has 0 saturated carbocycles. The van der Waals surface area contributed by atoms with Gasteiger partial charge >= 0.3 is 0 Å². The van der Waals surface area contributed by atoms with Crippen LogP contribution >= 0.6 is 0 Å². The first-order chi connectivity index (χ1) is 6.24. The van der Waals surface area contributed by atoms with E-state index in [9.17, 15) is 0 Å². The third kappa shape index (κ3) is 6.75. The van der Waals surface area contributed by atoms with Gasteiger partial charge < -0.3 is 10.4 Å². The molecule has 0 aliphatic carbocycles. The van der Waals surface area contributed by atoms with E-state index < -0.39 is 0 Å². The zero-order valence-electron chi connectivity index (χ0n) is 8.84. The largest absolute Gasteiger partial charge is 0.396 e. The van der Waals surface area contributed by atoms with E-state index in [-0.39, 0.29) is 6.61 Å². The van der Waals surface area contributed by atoms with Crippen molar-refractivity contribution < 1.29 is 5.11 Å². The Morgan fingerprint density at radius 3 is 2.69 bits per heavy atom. The van der Waals surface area contributed by atoms with E-state index in [0.29, 0.717) is 0 Å². The quantitative estimate of drug-likeness (QED) is 0.541. The molecule has 0 bridgehead atoms. The molecule has 3 heteroatoms. The maximum atomic E-state index is 8.69. The molecule has 0 unspecified atom stereocenters. The van der Waals surface area contributed by atoms with Gasteiger partial charge in [0.1, 0.15) is 0 Å². The molecule has 13 heavy (non-hydrogen) atoms. The lowest BCUT2D eigenvalue weighted by Crippen LogP contribution is -2.29. The van der Waals surface area contributed by atoms with Crippen LogP contribution in [0.15, 0.2) is 12.2 Å². The van der Waals surface area contributed by atoms with Gasteiger partial charge in [0.2, 0.25) is 0 Å². The van der Waals surface area contributed by atoms with Crippen LogP contribution in [0.3, 0.4) is 0 Å². The highest BCUT2D eigenvalue weighted by Gasteiger charge is 2.02. The third-order valence-electron chi connectivity index (χ3n) is 1.95. The van der Waals surface area contributed by atoms with Gasteiger partial charge in [0.05, 0.1) is 0 Å². The van der Waals surface area contributed by atoms with Crippen molar-refractivity contribution >= 4 is 0 Å². The smallest absolute Gasteiger partial charge is 0.0443 e. The van der Waals surface area contributed by atoms with E-state index in [1.165, 1.54) is 5.57 Å². The molecule has 0 aliphatic heterocycles. The number of likely N-dealkylation sites (N-methyl/N-ethyl adjacent to an activating group) is 2. The number of aliphatic hydroxyl groups excluding tert-OH is 1. The molecule has 0 amide bonds. The van der Waals surface area contributed by atoms with Crippen molar-refractivity contribution in [1.82, 2.24) is 10.2 Å². The van der Waals surface area contributed by atoms with Gasteiger partial charge in [0, 0.05) is 26.2 Å². The van der Waals surface area contributed by atoms with Crippen LogP contribution in [0.1, 0.15) is 13.3 Å². The number of aliphatic hydroxyl groups is 1. The molecule has 0 rings (SSSR count). The average molecular weight is 186 g/mol. The van der Waals surface area contributed by atoms with Crippen molar-refractivity contribution in [2.24, 2.45) is 0 Å². The topological polar surface area (TPSA) is 35.5 Å². The normalized spacial score (nSPS) is 10.8. The molecule has 0 spiro atoms. The molecule has 0 heterocycles. The van der Waals surface area contributed by atoms with Crippen LogP contribution in [-0.2, 0) is 0 Å². The van der Waals surface area contributed by atoms with E-state index in [4.69, 9.17) is 5.11 Å². The molecule has 3 nitrogen and oxygen atoms in total. The molecule has 0 aliphatic rings. The molecule has 0 fully saturated rings. The summed E-state index contributed by atoms with van der Waals surface area (Å²) in [4.78, 5) is 2.29. The minimum atomic E-state index is 0.273. The molecule has 0 aromatic heterocycles. The average Bonchev–Trinajstić information content (AvgIpc) is 2.12. The summed E-state index contributed by atoms with van der Waals surface area (Å²) in [5.41, 5.74) is 1.20. The number of nitrogens with one attached hydrogen (secondary N) is 1. The Balaban J connectivity index is 3.62. The molecular weight excluding hydrogens is 164 g/mol. The van der Waals surface area contributed by atoms with E-state index in [2.05, 4.69) is 23.7 Å². The summed E-state index contributed by atoms with van der Waals surface area (Å²) >= 11 is 0. The Hall–Kier alpha value is -0.380. The highest BCUT2D eigenvalue weighted by atomic mass is 16.3. The Morgan fingerprint density at radius 1 is 1.54 bits per heavy atom. The van der Waals surface area contributed by atoms with Gasteiger partial charge in [-0.15, -0.1) is 0 Å². The van der Waals surface area contributed by atoms with Crippen molar-refractivity contribution in [2.45, 2.75) is 13.3 Å². The minimum absolute atomic E-state index is 0.273. The Bertz CT molecular complexity index is 137. The highest BCUT2D eigenvalue weighted by molar-refractivity contribution is 4.99. The van der Waals surface area contributed by atoms with Crippen molar-refractivity contribution in [3.8, 4) is 0 Å². The lowest BCUT2D eigenvalue weighted by atomic mass is 10.2. The van der Waals surface area contributed by atoms with E-state index >= 15 is 0 Å². The van der Waals surface area contributed by atoms with Crippen LogP contribution in [0.2, 0.25) is 0 Å². The fourth-order valence-electron chi connectivity index (χ4n) is 1.27. The second-order valence-corrected chi connectivity index (χ2v) is 3.23. The van der Waals surface area contributed by atoms with Crippen molar-refractivity contribution in [3.05, 3.63) is 12.2 Å². The summed E-state index contributed by atoms with van der Waals surface area (Å²) in [7, 11) is 1.93. The highest BCUT2D eigenvalue weighted by Crippen LogP contribution is 1.96. The van der Waals surface area contributed by atoms with Gasteiger partial charge in [0.25, 0.3) is 0 Å². The second-order valence-electron chi connectivity index (χ2n) is 3.23. The van der Waals surface area contributed by atoms with E-state index in [0.717, 1.165) is 32.6 Å². The lowest BCUT2D eigenvalue weighted by molar-refractivity contribution is 0.239. The lowest BCUT2D eigenvalue weighted by Gasteiger charge is -2.20. The number of hydrogen-bond donors (Lipinski definition) is 2. The summed E-state index contributed by atoms with van der Waals surface area (Å²) in [6, 6.07) is 0. The molecule has 0 atom stereocenters. The van der Waals surface area contributed by atoms with Gasteiger partial charge in [-0.3, -0.25) is 4.90 Å². The number of nitrogens with zero attached hydrogens (tertiary/aromatic N) is 1. The van der Waals surface area contributed by atoms with Crippen molar-refractivity contribution in [3.63, 3.8) is 0 Å². The Kier molecular flexibility index (Phi) is 7.99. The minimum Gasteiger partial charge on any atom is -0.396 e. The van der Waals surface area contributed by atoms with Crippen LogP contribution in [0, 0.1) is 0 Å². The molecular formula is C10H22N2O. The predicted molar refractivity (Wildman–Crippen MR) is 56.9 cm³/mol. The molecule has 0 radical (unpaired) electrons. The van der Waals surface area contributed by atoms with Crippen LogP contribution in [0.25, 0.3) is 0 Å². The summed E-state index contributed by atoms with van der Waals surface area (Å²) in [6.45, 7) is 10.1. The predicted octanol–water partition coefficient (Wildman–Crippen LogP) is 0.466. The third-order valence-corrected chi connectivity index (χ3v) is 1.95. The first-order valence-electron chi connectivity index (χ1n) is 4.89. The second kappa shape index (κ2) is 8.23. The van der Waals surface area contributed by atoms with E-state index in [1.807, 2.05) is 7.05 Å². The number of hydrogen-bond acceptors (Lipinski definition) is 3. The molecule has 78 valence electrons. The van der Waals surface area contributed by atoms with Crippen LogP contribution in [0.5, 0.6) is 0 Å². The summed E-state index contributed by atoms with van der Waals surface area (Å²) < 4.78 is 0. The first-order valence-corrected chi connectivity index (χ1v) is 4.89. The fourth-order valence-corrected chi connectivity index (χ4v) is 1.27. The van der Waals surface area contributed by atoms with Gasteiger partial charge in [0.15, 0.2) is 0 Å². The van der Waals surface area contributed by atoms with E-state index in [1.54, 1.807) is 0 Å². The monoisotopic (exact) mass is 186 g/mol. The molecule has 0 aromatic carbocycles. The molecule has 2 N–H and O–H groups in total. The van der Waals surface area contributed by atoms with Crippen LogP contribution in [-0.4, -0.2) is 49.8 Å². The van der Waals surface area contributed by atoms with Crippen LogP contribution < -0.4 is 5.32 Å². The SMILES string of the molecule is C=C(CNC)CN(CC)CCCO. The first kappa shape index (κ1) is 12.6. The fraction of sp³-hybridized carbons (Fsp3) is 0.800. The molecule has 0 saturated heterocycles. The zero-order valence-corrected chi connectivity index (χ0v) is 8.84. The molecule has 0 aromatic rings. The van der Waals surface area contributed by atoms with Gasteiger partial charge in [-0.05, 0) is 25.6 Å². The van der Waals surface area contributed by atoms with Crippen molar-refractivity contribution in [2.75, 3.05) is 39.8 Å². The standard InChI is InChI=1S/C10H22N2O/c1-4-12(6-5-7-13)9-10(2)8-11-3/h11,13H,2,4-9H2,1,3H3. The number of rotatable bonds is 8. The Labute approximate surface area is 81.4 Å². The summed E-state index contributed by atoms with van der Waals surface area (Å²) in [5.74, 6) is 0. The summed E-state index contributed by atoms with van der Waals surface area (Å²) in [5, 5.41) is 11.8. The van der Waals surface area contributed by atoms with Crippen LogP contribution in [0.4, 0.5) is 0 Å². The van der Waals surface area contributed by atoms with Crippen molar-refractivity contribution in [1.29, 1.82) is 0 Å². The van der Waals surface area contributed by atoms with Gasteiger partial charge in [-0.1, -0.05) is 13.5 Å². The summed E-state index contributed by atoms with van der Waals surface area (Å²) in [6.07, 6.45) is 0.848. The van der Waals surface area contributed by atoms with Gasteiger partial charge in [-0.25, -0.2) is 0 Å². The zero-order chi connectivity index (χ0) is 10.1. The van der Waals surface area contributed by atoms with Gasteiger partial charge in [-0.2, -0.15) is 0 Å². The maximum Gasteiger partial charge on any atom is 0.0443 e. The Morgan fingerprint density at radius 2 is 2.23 bits per heavy atom. The maximum absolute atomic E-state index is 8.69.